The lowest BCUT2D eigenvalue weighted by molar-refractivity contribution is -0.117. The van der Waals surface area contributed by atoms with Gasteiger partial charge in [0.25, 0.3) is 0 Å². The van der Waals surface area contributed by atoms with Crippen molar-refractivity contribution in [3.05, 3.63) is 11.7 Å². The van der Waals surface area contributed by atoms with Crippen LogP contribution in [0.3, 0.4) is 0 Å². The van der Waals surface area contributed by atoms with Crippen LogP contribution in [0.4, 0.5) is 0 Å². The zero-order valence-corrected chi connectivity index (χ0v) is 11.7. The van der Waals surface area contributed by atoms with Crippen molar-refractivity contribution < 1.29 is 9.32 Å². The Morgan fingerprint density at radius 3 is 2.80 bits per heavy atom. The molecule has 2 fully saturated rings. The zero-order valence-electron chi connectivity index (χ0n) is 11.7. The predicted octanol–water partition coefficient (Wildman–Crippen LogP) is -0.0153. The summed E-state index contributed by atoms with van der Waals surface area (Å²) in [4.78, 5) is 17.6. The molecule has 1 amide bonds. The summed E-state index contributed by atoms with van der Waals surface area (Å²) in [6, 6.07) is 1.32. The highest BCUT2D eigenvalue weighted by molar-refractivity contribution is 5.75. The Morgan fingerprint density at radius 1 is 1.45 bits per heavy atom. The number of hydrogen-bond acceptors (Lipinski definition) is 6. The Bertz CT molecular complexity index is 475. The number of carbonyl (C=O) groups is 1. The van der Waals surface area contributed by atoms with Crippen LogP contribution in [0.2, 0.25) is 0 Å². The van der Waals surface area contributed by atoms with Gasteiger partial charge in [-0.05, 0) is 32.7 Å². The Balaban J connectivity index is 1.58. The van der Waals surface area contributed by atoms with Crippen LogP contribution in [0, 0.1) is 0 Å². The van der Waals surface area contributed by atoms with Crippen molar-refractivity contribution in [1.82, 2.24) is 20.4 Å². The molecule has 0 radical (unpaired) electrons. The number of rotatable bonds is 5. The average molecular weight is 279 g/mol. The smallest absolute Gasteiger partial charge is 0.240 e. The maximum absolute atomic E-state index is 10.6. The first-order valence-corrected chi connectivity index (χ1v) is 7.17. The van der Waals surface area contributed by atoms with E-state index in [2.05, 4.69) is 27.4 Å². The summed E-state index contributed by atoms with van der Waals surface area (Å²) in [5, 5.41) is 6.97. The SMILES string of the molecule is CN1C2CCC1CC(c1noc(CNCC(N)=O)n1)C2. The number of piperidine rings is 1. The van der Waals surface area contributed by atoms with E-state index in [4.69, 9.17) is 10.3 Å². The number of nitrogens with two attached hydrogens (primary N) is 1. The van der Waals surface area contributed by atoms with Gasteiger partial charge in [-0.15, -0.1) is 0 Å². The van der Waals surface area contributed by atoms with Gasteiger partial charge in [0, 0.05) is 18.0 Å². The Kier molecular flexibility index (Phi) is 3.71. The Morgan fingerprint density at radius 2 is 2.15 bits per heavy atom. The van der Waals surface area contributed by atoms with E-state index in [1.54, 1.807) is 0 Å². The Hall–Kier alpha value is -1.47. The van der Waals surface area contributed by atoms with Crippen molar-refractivity contribution in [2.45, 2.75) is 50.2 Å². The molecule has 0 saturated carbocycles. The van der Waals surface area contributed by atoms with Gasteiger partial charge in [-0.1, -0.05) is 5.16 Å². The maximum atomic E-state index is 10.6. The fourth-order valence-corrected chi connectivity index (χ4v) is 3.42. The molecular weight excluding hydrogens is 258 g/mol. The fourth-order valence-electron chi connectivity index (χ4n) is 3.42. The van der Waals surface area contributed by atoms with Crippen molar-refractivity contribution >= 4 is 5.91 Å². The van der Waals surface area contributed by atoms with E-state index in [0.717, 1.165) is 18.7 Å². The fraction of sp³-hybridized carbons (Fsp3) is 0.769. The molecule has 2 bridgehead atoms. The number of fused-ring (bicyclic) bond motifs is 2. The number of carbonyl (C=O) groups excluding carboxylic acids is 1. The van der Waals surface area contributed by atoms with Gasteiger partial charge in [-0.3, -0.25) is 10.1 Å². The highest BCUT2D eigenvalue weighted by Crippen LogP contribution is 2.41. The van der Waals surface area contributed by atoms with Gasteiger partial charge in [-0.25, -0.2) is 0 Å². The summed E-state index contributed by atoms with van der Waals surface area (Å²) >= 11 is 0. The van der Waals surface area contributed by atoms with Crippen LogP contribution in [0.15, 0.2) is 4.52 Å². The monoisotopic (exact) mass is 279 g/mol. The van der Waals surface area contributed by atoms with E-state index >= 15 is 0 Å². The lowest BCUT2D eigenvalue weighted by atomic mass is 9.90. The summed E-state index contributed by atoms with van der Waals surface area (Å²) in [5.74, 6) is 1.34. The third-order valence-corrected chi connectivity index (χ3v) is 4.52. The molecule has 2 aliphatic rings. The normalized spacial score (nSPS) is 29.8. The molecule has 2 aliphatic heterocycles. The molecule has 3 rings (SSSR count). The number of aromatic nitrogens is 2. The van der Waals surface area contributed by atoms with E-state index < -0.39 is 5.91 Å². The molecule has 2 atom stereocenters. The van der Waals surface area contributed by atoms with Crippen LogP contribution < -0.4 is 11.1 Å². The lowest BCUT2D eigenvalue weighted by Crippen LogP contribution is -2.39. The molecule has 7 nitrogen and oxygen atoms in total. The molecule has 0 aliphatic carbocycles. The molecule has 110 valence electrons. The molecule has 2 saturated heterocycles. The highest BCUT2D eigenvalue weighted by atomic mass is 16.5. The van der Waals surface area contributed by atoms with Crippen LogP contribution >= 0.6 is 0 Å². The third-order valence-electron chi connectivity index (χ3n) is 4.52. The van der Waals surface area contributed by atoms with Gasteiger partial charge in [0.2, 0.25) is 11.8 Å². The summed E-state index contributed by atoms with van der Waals surface area (Å²) in [5.41, 5.74) is 5.06. The lowest BCUT2D eigenvalue weighted by Gasteiger charge is -2.34. The molecular formula is C13H21N5O2. The largest absolute Gasteiger partial charge is 0.369 e. The molecule has 3 heterocycles. The summed E-state index contributed by atoms with van der Waals surface area (Å²) in [7, 11) is 2.22. The minimum absolute atomic E-state index is 0.121. The highest BCUT2D eigenvalue weighted by Gasteiger charge is 2.40. The molecule has 7 heteroatoms. The summed E-state index contributed by atoms with van der Waals surface area (Å²) in [6.07, 6.45) is 4.78. The van der Waals surface area contributed by atoms with E-state index in [1.165, 1.54) is 12.8 Å². The van der Waals surface area contributed by atoms with Gasteiger partial charge < -0.3 is 15.2 Å². The first kappa shape index (κ1) is 13.5. The molecule has 20 heavy (non-hydrogen) atoms. The standard InChI is InChI=1S/C13H21N5O2/c1-18-9-2-3-10(18)5-8(4-9)13-16-12(20-17-13)7-15-6-11(14)19/h8-10,15H,2-7H2,1H3,(H2,14,19). The molecule has 1 aromatic rings. The quantitative estimate of drug-likeness (QED) is 0.786. The Labute approximate surface area is 117 Å². The average Bonchev–Trinajstić information content (AvgIpc) is 2.92. The number of hydrogen-bond donors (Lipinski definition) is 2. The number of primary amides is 1. The number of amides is 1. The predicted molar refractivity (Wildman–Crippen MR) is 71.7 cm³/mol. The maximum Gasteiger partial charge on any atom is 0.240 e. The summed E-state index contributed by atoms with van der Waals surface area (Å²) in [6.45, 7) is 0.505. The van der Waals surface area contributed by atoms with Gasteiger partial charge >= 0.3 is 0 Å². The molecule has 0 aromatic carbocycles. The molecule has 2 unspecified atom stereocenters. The second-order valence-electron chi connectivity index (χ2n) is 5.83. The van der Waals surface area contributed by atoms with Gasteiger partial charge in [0.15, 0.2) is 5.82 Å². The van der Waals surface area contributed by atoms with Crippen LogP contribution in [0.25, 0.3) is 0 Å². The van der Waals surface area contributed by atoms with E-state index in [-0.39, 0.29) is 6.54 Å². The van der Waals surface area contributed by atoms with E-state index in [9.17, 15) is 4.79 Å². The summed E-state index contributed by atoms with van der Waals surface area (Å²) < 4.78 is 5.23. The molecule has 0 spiro atoms. The van der Waals surface area contributed by atoms with Crippen LogP contribution in [-0.4, -0.2) is 46.6 Å². The van der Waals surface area contributed by atoms with Gasteiger partial charge in [-0.2, -0.15) is 4.98 Å². The van der Waals surface area contributed by atoms with Gasteiger partial charge in [0.1, 0.15) is 0 Å². The number of nitrogens with one attached hydrogen (secondary N) is 1. The topological polar surface area (TPSA) is 97.3 Å². The third kappa shape index (κ3) is 2.69. The van der Waals surface area contributed by atoms with Crippen molar-refractivity contribution in [3.63, 3.8) is 0 Å². The van der Waals surface area contributed by atoms with Gasteiger partial charge in [0.05, 0.1) is 13.1 Å². The first-order chi connectivity index (χ1) is 9.63. The first-order valence-electron chi connectivity index (χ1n) is 7.17. The number of nitrogens with zero attached hydrogens (tertiary/aromatic N) is 3. The van der Waals surface area contributed by atoms with Crippen molar-refractivity contribution in [2.24, 2.45) is 5.73 Å². The van der Waals surface area contributed by atoms with Crippen molar-refractivity contribution in [1.29, 1.82) is 0 Å². The van der Waals surface area contributed by atoms with E-state index in [0.29, 0.717) is 30.4 Å². The minimum Gasteiger partial charge on any atom is -0.369 e. The van der Waals surface area contributed by atoms with Crippen LogP contribution in [0.5, 0.6) is 0 Å². The second kappa shape index (κ2) is 5.49. The molecule has 3 N–H and O–H groups in total. The van der Waals surface area contributed by atoms with Crippen molar-refractivity contribution in [2.75, 3.05) is 13.6 Å². The zero-order chi connectivity index (χ0) is 14.1. The van der Waals surface area contributed by atoms with Crippen LogP contribution in [-0.2, 0) is 11.3 Å². The molecule has 1 aromatic heterocycles. The minimum atomic E-state index is -0.392. The second-order valence-corrected chi connectivity index (χ2v) is 5.83. The van der Waals surface area contributed by atoms with Crippen molar-refractivity contribution in [3.8, 4) is 0 Å². The van der Waals surface area contributed by atoms with Crippen LogP contribution in [0.1, 0.15) is 43.3 Å². The van der Waals surface area contributed by atoms with E-state index in [1.807, 2.05) is 0 Å².